The van der Waals surface area contributed by atoms with E-state index in [9.17, 15) is 19.2 Å². The summed E-state index contributed by atoms with van der Waals surface area (Å²) in [6, 6.07) is 27.5. The third kappa shape index (κ3) is 3.79. The quantitative estimate of drug-likeness (QED) is 0.195. The van der Waals surface area contributed by atoms with E-state index in [2.05, 4.69) is 0 Å². The van der Waals surface area contributed by atoms with Crippen LogP contribution in [0, 0.1) is 11.8 Å². The van der Waals surface area contributed by atoms with E-state index in [0.717, 1.165) is 32.3 Å². The van der Waals surface area contributed by atoms with Crippen LogP contribution in [-0.2, 0) is 9.59 Å². The Kier molecular flexibility index (Phi) is 6.30. The molecule has 0 spiro atoms. The Hall–Kier alpha value is -4.26. The lowest BCUT2D eigenvalue weighted by molar-refractivity contribution is -0.156. The fourth-order valence-corrected chi connectivity index (χ4v) is 7.54. The maximum atomic E-state index is 14.5. The van der Waals surface area contributed by atoms with Gasteiger partial charge in [0.05, 0.1) is 22.4 Å². The van der Waals surface area contributed by atoms with Crippen molar-refractivity contribution >= 4 is 46.7 Å². The summed E-state index contributed by atoms with van der Waals surface area (Å²) >= 11 is 12.5. The zero-order valence-electron chi connectivity index (χ0n) is 22.4. The van der Waals surface area contributed by atoms with E-state index < -0.39 is 41.4 Å². The van der Waals surface area contributed by atoms with Gasteiger partial charge in [0.1, 0.15) is 6.04 Å². The molecule has 4 aromatic carbocycles. The lowest BCUT2D eigenvalue weighted by Crippen LogP contribution is -2.56. The second kappa shape index (κ2) is 9.93. The maximum Gasteiger partial charge on any atom is 0.275 e. The van der Waals surface area contributed by atoms with Crippen LogP contribution in [0.4, 0.5) is 0 Å². The predicted molar refractivity (Wildman–Crippen MR) is 158 cm³/mol. The largest absolute Gasteiger partial charge is 0.292 e. The number of carbonyl (C=O) groups is 4. The number of hydrogen-bond acceptors (Lipinski definition) is 4. The van der Waals surface area contributed by atoms with E-state index >= 15 is 0 Å². The van der Waals surface area contributed by atoms with Gasteiger partial charge in [-0.15, -0.1) is 0 Å². The third-order valence-corrected chi connectivity index (χ3v) is 9.36. The average Bonchev–Trinajstić information content (AvgIpc) is 3.27. The fraction of sp³-hybridized carbons (Fsp3) is 0.176. The molecule has 0 aromatic heterocycles. The van der Waals surface area contributed by atoms with Gasteiger partial charge in [-0.2, -0.15) is 5.01 Å². The molecule has 6 nitrogen and oxygen atoms in total. The molecule has 0 radical (unpaired) electrons. The predicted octanol–water partition coefficient (Wildman–Crippen LogP) is 6.51. The Balaban J connectivity index is 1.37. The molecule has 2 bridgehead atoms. The maximum absolute atomic E-state index is 14.5. The number of Topliss-reactive ketones (excluding diaryl/α,β-unsaturated/α-hetero) is 1. The van der Waals surface area contributed by atoms with Crippen LogP contribution in [0.25, 0.3) is 0 Å². The Morgan fingerprint density at radius 2 is 1.19 bits per heavy atom. The van der Waals surface area contributed by atoms with Gasteiger partial charge in [0.2, 0.25) is 0 Å². The summed E-state index contributed by atoms with van der Waals surface area (Å²) in [7, 11) is 0. The number of halogens is 2. The molecule has 4 aromatic rings. The van der Waals surface area contributed by atoms with Gasteiger partial charge >= 0.3 is 0 Å². The topological polar surface area (TPSA) is 74.8 Å². The molecule has 0 N–H and O–H groups in total. The molecular formula is C34H24Cl2N2O4. The van der Waals surface area contributed by atoms with E-state index in [1.807, 2.05) is 48.5 Å². The van der Waals surface area contributed by atoms with Gasteiger partial charge in [0, 0.05) is 22.4 Å². The standard InChI is InChI=1S/C34H24Cl2N2O4/c1-18(31(39)19-9-3-2-4-10-19)37(32(40)25-16-15-20(35)17-26(25)36)38-33(41)29-27-21-11-5-6-12-22(21)28(30(29)34(38)42)24-14-8-7-13-23(24)27/h2-18,27-30H,1H3/t18-,27?,28?,29+,30+/m1/s1. The van der Waals surface area contributed by atoms with Crippen molar-refractivity contribution in [1.29, 1.82) is 0 Å². The van der Waals surface area contributed by atoms with E-state index in [1.54, 1.807) is 30.3 Å². The van der Waals surface area contributed by atoms with Gasteiger partial charge in [0.15, 0.2) is 5.78 Å². The molecule has 8 rings (SSSR count). The molecule has 1 fully saturated rings. The average molecular weight is 595 g/mol. The minimum atomic E-state index is -1.19. The van der Waals surface area contributed by atoms with Gasteiger partial charge < -0.3 is 0 Å². The lowest BCUT2D eigenvalue weighted by atomic mass is 9.55. The summed E-state index contributed by atoms with van der Waals surface area (Å²) in [5.74, 6) is -4.32. The number of rotatable bonds is 5. The zero-order valence-corrected chi connectivity index (χ0v) is 23.9. The van der Waals surface area contributed by atoms with Gasteiger partial charge in [0.25, 0.3) is 17.7 Å². The van der Waals surface area contributed by atoms with Crippen molar-refractivity contribution in [2.45, 2.75) is 24.8 Å². The van der Waals surface area contributed by atoms with Crippen molar-refractivity contribution in [3.05, 3.63) is 140 Å². The minimum Gasteiger partial charge on any atom is -0.292 e. The van der Waals surface area contributed by atoms with Crippen LogP contribution >= 0.6 is 23.2 Å². The summed E-state index contributed by atoms with van der Waals surface area (Å²) in [4.78, 5) is 57.0. The molecule has 0 unspecified atom stereocenters. The molecular weight excluding hydrogens is 571 g/mol. The summed E-state index contributed by atoms with van der Waals surface area (Å²) < 4.78 is 0. The van der Waals surface area contributed by atoms with Gasteiger partial charge in [-0.1, -0.05) is 102 Å². The normalized spacial score (nSPS) is 22.3. The lowest BCUT2D eigenvalue weighted by Gasteiger charge is -2.45. The smallest absolute Gasteiger partial charge is 0.275 e. The number of hydrazine groups is 1. The molecule has 4 aliphatic rings. The Morgan fingerprint density at radius 3 is 1.67 bits per heavy atom. The van der Waals surface area contributed by atoms with Gasteiger partial charge in [-0.25, -0.2) is 5.01 Å². The van der Waals surface area contributed by atoms with Gasteiger partial charge in [-0.3, -0.25) is 19.2 Å². The van der Waals surface area contributed by atoms with Crippen LogP contribution in [0.3, 0.4) is 0 Å². The van der Waals surface area contributed by atoms with Crippen LogP contribution in [0.5, 0.6) is 0 Å². The first-order valence-electron chi connectivity index (χ1n) is 13.7. The summed E-state index contributed by atoms with van der Waals surface area (Å²) in [5, 5.41) is 2.30. The van der Waals surface area contributed by atoms with E-state index in [0.29, 0.717) is 10.6 Å². The Labute approximate surface area is 252 Å². The number of hydrogen-bond donors (Lipinski definition) is 0. The molecule has 208 valence electrons. The van der Waals surface area contributed by atoms with E-state index in [4.69, 9.17) is 23.2 Å². The Morgan fingerprint density at radius 1 is 0.714 bits per heavy atom. The summed E-state index contributed by atoms with van der Waals surface area (Å²) in [6.45, 7) is 1.53. The van der Waals surface area contributed by atoms with Crippen molar-refractivity contribution < 1.29 is 19.2 Å². The van der Waals surface area contributed by atoms with Crippen LogP contribution in [0.1, 0.15) is 61.7 Å². The molecule has 1 saturated heterocycles. The van der Waals surface area contributed by atoms with Gasteiger partial charge in [-0.05, 0) is 47.4 Å². The monoisotopic (exact) mass is 594 g/mol. The Bertz CT molecular complexity index is 1690. The highest BCUT2D eigenvalue weighted by Crippen LogP contribution is 2.61. The van der Waals surface area contributed by atoms with Crippen molar-refractivity contribution in [2.75, 3.05) is 0 Å². The van der Waals surface area contributed by atoms with Crippen LogP contribution in [0.15, 0.2) is 97.1 Å². The number of nitrogens with zero attached hydrogens (tertiary/aromatic N) is 2. The highest BCUT2D eigenvalue weighted by Gasteiger charge is 2.63. The van der Waals surface area contributed by atoms with Crippen molar-refractivity contribution in [2.24, 2.45) is 11.8 Å². The molecule has 3 aliphatic carbocycles. The number of ketones is 1. The number of carbonyl (C=O) groups excluding carboxylic acids is 4. The van der Waals surface area contributed by atoms with Crippen LogP contribution in [0.2, 0.25) is 10.0 Å². The highest BCUT2D eigenvalue weighted by atomic mass is 35.5. The first kappa shape index (κ1) is 26.6. The van der Waals surface area contributed by atoms with Crippen molar-refractivity contribution in [3.8, 4) is 0 Å². The van der Waals surface area contributed by atoms with E-state index in [-0.39, 0.29) is 22.4 Å². The number of benzene rings is 4. The van der Waals surface area contributed by atoms with E-state index in [1.165, 1.54) is 25.1 Å². The molecule has 8 heteroatoms. The molecule has 3 amide bonds. The molecule has 1 heterocycles. The first-order chi connectivity index (χ1) is 20.3. The molecule has 1 aliphatic heterocycles. The number of amides is 3. The SMILES string of the molecule is C[C@H](C(=O)c1ccccc1)N(C(=O)c1ccc(Cl)cc1Cl)N1C(=O)[C@H]2C3c4ccccc4C(c4ccccc43)[C@@H]2C1=O. The zero-order chi connectivity index (χ0) is 29.3. The second-order valence-corrected chi connectivity index (χ2v) is 11.8. The fourth-order valence-electron chi connectivity index (χ4n) is 7.05. The van der Waals surface area contributed by atoms with Crippen molar-refractivity contribution in [3.63, 3.8) is 0 Å². The minimum absolute atomic E-state index is 0.0267. The second-order valence-electron chi connectivity index (χ2n) is 10.9. The third-order valence-electron chi connectivity index (χ3n) is 8.81. The van der Waals surface area contributed by atoms with Crippen LogP contribution < -0.4 is 0 Å². The molecule has 3 atom stereocenters. The highest BCUT2D eigenvalue weighted by molar-refractivity contribution is 6.36. The van der Waals surface area contributed by atoms with Crippen molar-refractivity contribution in [1.82, 2.24) is 10.0 Å². The summed E-state index contributed by atoms with van der Waals surface area (Å²) in [5.41, 5.74) is 4.42. The summed E-state index contributed by atoms with van der Waals surface area (Å²) in [6.07, 6.45) is 0. The number of imide groups is 1. The van der Waals surface area contributed by atoms with Crippen LogP contribution in [-0.4, -0.2) is 39.6 Å². The first-order valence-corrected chi connectivity index (χ1v) is 14.5. The molecule has 0 saturated carbocycles. The molecule has 42 heavy (non-hydrogen) atoms.